The molecule has 13 heteroatoms. The minimum absolute atomic E-state index is 0.0940. The third kappa shape index (κ3) is 8.41. The van der Waals surface area contributed by atoms with Crippen LogP contribution >= 0.6 is 0 Å². The van der Waals surface area contributed by atoms with Gasteiger partial charge >= 0.3 is 12.1 Å². The molecule has 2 aliphatic heterocycles. The van der Waals surface area contributed by atoms with Crippen LogP contribution < -0.4 is 10.6 Å². The molecular weight excluding hydrogens is 530 g/mol. The van der Waals surface area contributed by atoms with E-state index in [4.69, 9.17) is 13.7 Å². The molecule has 1 unspecified atom stereocenters. The van der Waals surface area contributed by atoms with Crippen molar-refractivity contribution in [1.82, 2.24) is 15.5 Å². The van der Waals surface area contributed by atoms with Gasteiger partial charge in [-0.25, -0.2) is 9.59 Å². The molecule has 1 saturated carbocycles. The molecule has 2 heterocycles. The number of nitrogens with zero attached hydrogens (tertiary/aromatic N) is 1. The maximum atomic E-state index is 13.8. The second kappa shape index (κ2) is 12.2. The largest absolute Gasteiger partial charge is 0.464 e. The molecule has 0 aromatic carbocycles. The fourth-order valence-corrected chi connectivity index (χ4v) is 5.71. The molecule has 0 aromatic heterocycles. The fourth-order valence-electron chi connectivity index (χ4n) is 5.07. The summed E-state index contributed by atoms with van der Waals surface area (Å²) < 4.78 is 39.4. The normalized spacial score (nSPS) is 30.2. The highest BCUT2D eigenvalue weighted by Crippen LogP contribution is 2.46. The van der Waals surface area contributed by atoms with E-state index in [1.807, 2.05) is 12.2 Å². The van der Waals surface area contributed by atoms with Gasteiger partial charge in [0, 0.05) is 18.9 Å². The summed E-state index contributed by atoms with van der Waals surface area (Å²) in [5.74, 6) is -1.97. The Morgan fingerprint density at radius 2 is 1.92 bits per heavy atom. The number of carbonyl (C=O) groups excluding carboxylic acids is 4. The van der Waals surface area contributed by atoms with E-state index in [0.717, 1.165) is 25.5 Å². The number of hydrogen-bond acceptors (Lipinski definition) is 9. The molecule has 2 fully saturated rings. The first-order chi connectivity index (χ1) is 18.1. The van der Waals surface area contributed by atoms with Gasteiger partial charge in [0.05, 0.1) is 19.0 Å². The van der Waals surface area contributed by atoms with Gasteiger partial charge in [0.25, 0.3) is 10.1 Å². The third-order valence-corrected chi connectivity index (χ3v) is 7.50. The first-order valence-corrected chi connectivity index (χ1v) is 15.3. The lowest BCUT2D eigenvalue weighted by molar-refractivity contribution is -0.150. The standard InChI is InChI=1S/C26H41N3O9S/c1-6-36-23(32)26-15-17(26)12-10-8-7-9-11-13-19(27-24(33)37-25(2,3)4)22(31)29-16-18(38-39(5,34)35)14-20(29)21(30)28-26/h10,12,17-20H,6-9,11,13-16H2,1-5H3,(H,27,33)(H,28,30)/t17-,18?,19+,20+,26-/m1/s1. The topological polar surface area (TPSA) is 157 Å². The number of alkyl carbamates (subject to hydrolysis) is 1. The van der Waals surface area contributed by atoms with Gasteiger partial charge in [0.15, 0.2) is 0 Å². The van der Waals surface area contributed by atoms with E-state index in [2.05, 4.69) is 10.6 Å². The summed E-state index contributed by atoms with van der Waals surface area (Å²) in [5, 5.41) is 5.44. The van der Waals surface area contributed by atoms with Gasteiger partial charge in [-0.15, -0.1) is 0 Å². The summed E-state index contributed by atoms with van der Waals surface area (Å²) in [7, 11) is -3.87. The number of ether oxygens (including phenoxy) is 2. The summed E-state index contributed by atoms with van der Waals surface area (Å²) in [6.07, 6.45) is 6.66. The van der Waals surface area contributed by atoms with Crippen LogP contribution in [0.4, 0.5) is 4.79 Å². The van der Waals surface area contributed by atoms with Gasteiger partial charge in [-0.1, -0.05) is 25.0 Å². The Morgan fingerprint density at radius 1 is 1.21 bits per heavy atom. The molecule has 2 N–H and O–H groups in total. The molecule has 3 aliphatic rings. The van der Waals surface area contributed by atoms with Crippen LogP contribution in [0.1, 0.15) is 72.6 Å². The first kappa shape index (κ1) is 30.9. The Bertz CT molecular complexity index is 1080. The highest BCUT2D eigenvalue weighted by Gasteiger charge is 2.62. The predicted octanol–water partition coefficient (Wildman–Crippen LogP) is 1.78. The molecule has 220 valence electrons. The molecule has 39 heavy (non-hydrogen) atoms. The Balaban J connectivity index is 1.92. The smallest absolute Gasteiger partial charge is 0.408 e. The quantitative estimate of drug-likeness (QED) is 0.285. The Hall–Kier alpha value is -2.67. The van der Waals surface area contributed by atoms with Crippen LogP contribution in [0.15, 0.2) is 12.2 Å². The molecule has 3 amide bonds. The van der Waals surface area contributed by atoms with E-state index in [1.54, 1.807) is 27.7 Å². The van der Waals surface area contributed by atoms with E-state index < -0.39 is 63.3 Å². The van der Waals surface area contributed by atoms with Crippen molar-refractivity contribution in [3.05, 3.63) is 12.2 Å². The minimum atomic E-state index is -3.87. The molecular formula is C26H41N3O9S. The maximum Gasteiger partial charge on any atom is 0.408 e. The van der Waals surface area contributed by atoms with E-state index in [-0.39, 0.29) is 25.5 Å². The second-order valence-electron chi connectivity index (χ2n) is 11.4. The lowest BCUT2D eigenvalue weighted by atomic mass is 10.0. The van der Waals surface area contributed by atoms with Crippen molar-refractivity contribution in [2.24, 2.45) is 5.92 Å². The Morgan fingerprint density at radius 3 is 2.56 bits per heavy atom. The van der Waals surface area contributed by atoms with Crippen molar-refractivity contribution in [1.29, 1.82) is 0 Å². The van der Waals surface area contributed by atoms with Gasteiger partial charge in [0.2, 0.25) is 11.8 Å². The highest BCUT2D eigenvalue weighted by atomic mass is 32.2. The summed E-state index contributed by atoms with van der Waals surface area (Å²) in [6, 6.07) is -2.12. The van der Waals surface area contributed by atoms with Crippen LogP contribution in [-0.4, -0.2) is 85.9 Å². The van der Waals surface area contributed by atoms with E-state index in [0.29, 0.717) is 19.3 Å². The summed E-state index contributed by atoms with van der Waals surface area (Å²) in [6.45, 7) is 6.76. The minimum Gasteiger partial charge on any atom is -0.464 e. The van der Waals surface area contributed by atoms with Crippen molar-refractivity contribution in [2.45, 2.75) is 102 Å². The number of allylic oxidation sites excluding steroid dienone is 1. The van der Waals surface area contributed by atoms with Gasteiger partial charge in [0.1, 0.15) is 23.2 Å². The van der Waals surface area contributed by atoms with Crippen molar-refractivity contribution in [3.8, 4) is 0 Å². The summed E-state index contributed by atoms with van der Waals surface area (Å²) in [5.41, 5.74) is -2.03. The average Bonchev–Trinajstić information content (AvgIpc) is 3.33. The Kier molecular flexibility index (Phi) is 9.69. The summed E-state index contributed by atoms with van der Waals surface area (Å²) in [4.78, 5) is 54.1. The van der Waals surface area contributed by atoms with Crippen molar-refractivity contribution < 1.29 is 41.3 Å². The summed E-state index contributed by atoms with van der Waals surface area (Å²) >= 11 is 0. The van der Waals surface area contributed by atoms with Gasteiger partial charge in [-0.05, 0) is 53.4 Å². The van der Waals surface area contributed by atoms with Crippen molar-refractivity contribution >= 4 is 34.0 Å². The molecule has 0 radical (unpaired) electrons. The maximum absolute atomic E-state index is 13.8. The molecule has 0 aromatic rings. The van der Waals surface area contributed by atoms with Crippen LogP contribution in [0.5, 0.6) is 0 Å². The van der Waals surface area contributed by atoms with Gasteiger partial charge < -0.3 is 25.0 Å². The predicted molar refractivity (Wildman–Crippen MR) is 141 cm³/mol. The molecule has 1 saturated heterocycles. The second-order valence-corrected chi connectivity index (χ2v) is 13.0. The SMILES string of the molecule is CCOC(=O)[C@@]12C[C@H]1C=CCCCCC[C@H](NC(=O)OC(C)(C)C)C(=O)N1CC(OS(C)(=O)=O)C[C@H]1C(=O)N2. The van der Waals surface area contributed by atoms with E-state index in [9.17, 15) is 27.6 Å². The van der Waals surface area contributed by atoms with Crippen LogP contribution in [-0.2, 0) is 38.2 Å². The van der Waals surface area contributed by atoms with Crippen LogP contribution in [0, 0.1) is 5.92 Å². The highest BCUT2D eigenvalue weighted by molar-refractivity contribution is 7.86. The molecule has 0 bridgehead atoms. The fraction of sp³-hybridized carbons (Fsp3) is 0.769. The van der Waals surface area contributed by atoms with E-state index in [1.165, 1.54) is 4.90 Å². The number of carbonyl (C=O) groups is 4. The zero-order valence-corrected chi connectivity index (χ0v) is 24.2. The van der Waals surface area contributed by atoms with Crippen LogP contribution in [0.25, 0.3) is 0 Å². The van der Waals surface area contributed by atoms with Crippen LogP contribution in [0.2, 0.25) is 0 Å². The number of nitrogens with one attached hydrogen (secondary N) is 2. The average molecular weight is 572 g/mol. The lowest BCUT2D eigenvalue weighted by Crippen LogP contribution is -2.56. The molecule has 12 nitrogen and oxygen atoms in total. The molecule has 1 aliphatic carbocycles. The number of fused-ring (bicyclic) bond motifs is 2. The number of rotatable bonds is 5. The van der Waals surface area contributed by atoms with Crippen LogP contribution in [0.3, 0.4) is 0 Å². The van der Waals surface area contributed by atoms with Gasteiger partial charge in [-0.2, -0.15) is 8.42 Å². The van der Waals surface area contributed by atoms with E-state index >= 15 is 0 Å². The van der Waals surface area contributed by atoms with Crippen molar-refractivity contribution in [2.75, 3.05) is 19.4 Å². The third-order valence-electron chi connectivity index (χ3n) is 6.88. The van der Waals surface area contributed by atoms with Gasteiger partial charge in [-0.3, -0.25) is 13.8 Å². The molecule has 0 spiro atoms. The number of hydrogen-bond donors (Lipinski definition) is 2. The zero-order chi connectivity index (χ0) is 29.0. The lowest BCUT2D eigenvalue weighted by Gasteiger charge is -2.30. The number of amides is 3. The number of esters is 1. The van der Waals surface area contributed by atoms with Crippen molar-refractivity contribution in [3.63, 3.8) is 0 Å². The molecule has 5 atom stereocenters. The molecule has 3 rings (SSSR count). The monoisotopic (exact) mass is 571 g/mol. The Labute approximate surface area is 230 Å². The first-order valence-electron chi connectivity index (χ1n) is 13.5. The zero-order valence-electron chi connectivity index (χ0n) is 23.4.